The van der Waals surface area contributed by atoms with E-state index in [-0.39, 0.29) is 24.3 Å². The predicted molar refractivity (Wildman–Crippen MR) is 114 cm³/mol. The summed E-state index contributed by atoms with van der Waals surface area (Å²) < 4.78 is 16.2. The van der Waals surface area contributed by atoms with Crippen LogP contribution in [0.2, 0.25) is 5.02 Å². The first-order valence-corrected chi connectivity index (χ1v) is 10.3. The molecule has 2 aromatic heterocycles. The van der Waals surface area contributed by atoms with E-state index in [1.807, 2.05) is 6.07 Å². The van der Waals surface area contributed by atoms with Crippen LogP contribution < -0.4 is 5.32 Å². The second-order valence-electron chi connectivity index (χ2n) is 7.41. The Morgan fingerprint density at radius 1 is 1.27 bits per heavy atom. The Bertz CT molecular complexity index is 1010. The van der Waals surface area contributed by atoms with Crippen molar-refractivity contribution >= 4 is 17.5 Å². The molecule has 1 atom stereocenters. The maximum atomic E-state index is 14.6. The van der Waals surface area contributed by atoms with Crippen LogP contribution in [0.5, 0.6) is 0 Å². The molecule has 0 spiro atoms. The third-order valence-electron chi connectivity index (χ3n) is 5.38. The molecule has 0 saturated carbocycles. The zero-order chi connectivity index (χ0) is 21.1. The molecule has 0 bridgehead atoms. The van der Waals surface area contributed by atoms with Gasteiger partial charge in [-0.3, -0.25) is 19.4 Å². The molecule has 8 heteroatoms. The summed E-state index contributed by atoms with van der Waals surface area (Å²) in [4.78, 5) is 19.3. The molecule has 3 aromatic rings. The average molecular weight is 428 g/mol. The van der Waals surface area contributed by atoms with Crippen molar-refractivity contribution in [3.8, 4) is 11.3 Å². The van der Waals surface area contributed by atoms with Crippen molar-refractivity contribution in [3.05, 3.63) is 70.9 Å². The summed E-state index contributed by atoms with van der Waals surface area (Å²) in [5, 5.41) is 7.76. The van der Waals surface area contributed by atoms with Crippen LogP contribution in [0.25, 0.3) is 11.3 Å². The highest BCUT2D eigenvalue weighted by Gasteiger charge is 2.28. The lowest BCUT2D eigenvalue weighted by molar-refractivity contribution is 0.0937. The monoisotopic (exact) mass is 427 g/mol. The second-order valence-corrected chi connectivity index (χ2v) is 7.82. The van der Waals surface area contributed by atoms with Gasteiger partial charge in [-0.1, -0.05) is 17.7 Å². The van der Waals surface area contributed by atoms with Crippen LogP contribution in [0, 0.1) is 5.82 Å². The molecule has 1 saturated heterocycles. The average Bonchev–Trinajstić information content (AvgIpc) is 3.40. The summed E-state index contributed by atoms with van der Waals surface area (Å²) in [6.07, 6.45) is 7.11. The molecule has 0 aliphatic carbocycles. The van der Waals surface area contributed by atoms with E-state index in [1.54, 1.807) is 48.5 Å². The Kier molecular flexibility index (Phi) is 6.11. The molecule has 3 heterocycles. The summed E-state index contributed by atoms with van der Waals surface area (Å²) in [5.41, 5.74) is 2.20. The van der Waals surface area contributed by atoms with Crippen LogP contribution in [0.15, 0.2) is 48.9 Å². The standard InChI is InChI=1S/C22H23ClFN5O/c1-28-14-16(21(27-28)15-6-5-9-25-12-15)22(30)26-13-19(29-10-2-3-11-29)20-17(23)7-4-8-18(20)24/h4-9,12,14,19H,2-3,10-11,13H2,1H3,(H,26,30)/t19-/m0/s1. The lowest BCUT2D eigenvalue weighted by Gasteiger charge is -2.29. The maximum Gasteiger partial charge on any atom is 0.255 e. The molecule has 1 aliphatic heterocycles. The number of rotatable bonds is 6. The summed E-state index contributed by atoms with van der Waals surface area (Å²) in [6, 6.07) is 8.02. The number of likely N-dealkylation sites (tertiary alicyclic amines) is 1. The van der Waals surface area contributed by atoms with E-state index >= 15 is 0 Å². The van der Waals surface area contributed by atoms with Crippen LogP contribution in [-0.4, -0.2) is 45.2 Å². The van der Waals surface area contributed by atoms with Crippen molar-refractivity contribution < 1.29 is 9.18 Å². The summed E-state index contributed by atoms with van der Waals surface area (Å²) in [7, 11) is 1.77. The van der Waals surface area contributed by atoms with Crippen molar-refractivity contribution in [2.75, 3.05) is 19.6 Å². The molecule has 1 aromatic carbocycles. The number of carbonyl (C=O) groups is 1. The van der Waals surface area contributed by atoms with E-state index in [4.69, 9.17) is 11.6 Å². The van der Waals surface area contributed by atoms with E-state index in [1.165, 1.54) is 6.07 Å². The zero-order valence-electron chi connectivity index (χ0n) is 16.7. The number of nitrogens with one attached hydrogen (secondary N) is 1. The Labute approximate surface area is 179 Å². The molecular weight excluding hydrogens is 405 g/mol. The van der Waals surface area contributed by atoms with Crippen molar-refractivity contribution in [3.63, 3.8) is 0 Å². The number of carbonyl (C=O) groups excluding carboxylic acids is 1. The Morgan fingerprint density at radius 2 is 2.07 bits per heavy atom. The number of amides is 1. The Hall–Kier alpha value is -2.77. The molecule has 1 amide bonds. The molecule has 30 heavy (non-hydrogen) atoms. The van der Waals surface area contributed by atoms with Gasteiger partial charge in [-0.25, -0.2) is 4.39 Å². The summed E-state index contributed by atoms with van der Waals surface area (Å²) in [6.45, 7) is 1.94. The van der Waals surface area contributed by atoms with E-state index in [0.29, 0.717) is 21.8 Å². The van der Waals surface area contributed by atoms with Gasteiger partial charge >= 0.3 is 0 Å². The highest BCUT2D eigenvalue weighted by atomic mass is 35.5. The van der Waals surface area contributed by atoms with Crippen LogP contribution >= 0.6 is 11.6 Å². The fourth-order valence-corrected chi connectivity index (χ4v) is 4.24. The highest BCUT2D eigenvalue weighted by molar-refractivity contribution is 6.31. The van der Waals surface area contributed by atoms with Gasteiger partial charge in [0.25, 0.3) is 5.91 Å². The summed E-state index contributed by atoms with van der Waals surface area (Å²) >= 11 is 6.34. The van der Waals surface area contributed by atoms with Gasteiger partial charge in [0, 0.05) is 48.3 Å². The van der Waals surface area contributed by atoms with E-state index in [2.05, 4.69) is 20.3 Å². The maximum absolute atomic E-state index is 14.6. The number of halogens is 2. The number of aryl methyl sites for hydroxylation is 1. The molecule has 1 aliphatic rings. The largest absolute Gasteiger partial charge is 0.350 e. The van der Waals surface area contributed by atoms with Gasteiger partial charge in [0.2, 0.25) is 0 Å². The quantitative estimate of drug-likeness (QED) is 0.649. The molecule has 1 fully saturated rings. The third kappa shape index (κ3) is 4.22. The molecular formula is C22H23ClFN5O. The van der Waals surface area contributed by atoms with E-state index in [0.717, 1.165) is 31.5 Å². The lowest BCUT2D eigenvalue weighted by atomic mass is 10.0. The minimum Gasteiger partial charge on any atom is -0.350 e. The molecule has 6 nitrogen and oxygen atoms in total. The first kappa shape index (κ1) is 20.5. The smallest absolute Gasteiger partial charge is 0.255 e. The van der Waals surface area contributed by atoms with Gasteiger partial charge in [-0.15, -0.1) is 0 Å². The third-order valence-corrected chi connectivity index (χ3v) is 5.71. The minimum atomic E-state index is -0.355. The summed E-state index contributed by atoms with van der Waals surface area (Å²) in [5.74, 6) is -0.621. The van der Waals surface area contributed by atoms with Crippen molar-refractivity contribution in [2.24, 2.45) is 7.05 Å². The SMILES string of the molecule is Cn1cc(C(=O)NC[C@@H](c2c(F)cccc2Cl)N2CCCC2)c(-c2cccnc2)n1. The second kappa shape index (κ2) is 8.93. The van der Waals surface area contributed by atoms with Gasteiger partial charge in [-0.2, -0.15) is 5.10 Å². The predicted octanol–water partition coefficient (Wildman–Crippen LogP) is 3.84. The van der Waals surface area contributed by atoms with E-state index in [9.17, 15) is 9.18 Å². The first-order chi connectivity index (χ1) is 14.5. The molecule has 156 valence electrons. The number of benzene rings is 1. The van der Waals surface area contributed by atoms with E-state index < -0.39 is 0 Å². The molecule has 1 N–H and O–H groups in total. The van der Waals surface area contributed by atoms with Gasteiger partial charge in [0.1, 0.15) is 11.5 Å². The van der Waals surface area contributed by atoms with Gasteiger partial charge < -0.3 is 5.32 Å². The van der Waals surface area contributed by atoms with Crippen LogP contribution in [0.4, 0.5) is 4.39 Å². The fraction of sp³-hybridized carbons (Fsp3) is 0.318. The Balaban J connectivity index is 1.58. The zero-order valence-corrected chi connectivity index (χ0v) is 17.4. The van der Waals surface area contributed by atoms with Crippen LogP contribution in [0.1, 0.15) is 34.8 Å². The van der Waals surface area contributed by atoms with Crippen LogP contribution in [0.3, 0.4) is 0 Å². The van der Waals surface area contributed by atoms with Crippen molar-refractivity contribution in [2.45, 2.75) is 18.9 Å². The van der Waals surface area contributed by atoms with Gasteiger partial charge in [0.05, 0.1) is 11.6 Å². The normalized spacial score (nSPS) is 15.3. The molecule has 4 rings (SSSR count). The van der Waals surface area contributed by atoms with Crippen molar-refractivity contribution in [1.82, 2.24) is 25.0 Å². The molecule has 0 unspecified atom stereocenters. The molecule has 0 radical (unpaired) electrons. The number of pyridine rings is 1. The van der Waals surface area contributed by atoms with Crippen LogP contribution in [-0.2, 0) is 7.05 Å². The number of nitrogens with zero attached hydrogens (tertiary/aromatic N) is 4. The number of hydrogen-bond donors (Lipinski definition) is 1. The first-order valence-electron chi connectivity index (χ1n) is 9.95. The highest BCUT2D eigenvalue weighted by Crippen LogP contribution is 2.32. The minimum absolute atomic E-state index is 0.251. The Morgan fingerprint density at radius 3 is 2.77 bits per heavy atom. The number of hydrogen-bond acceptors (Lipinski definition) is 4. The van der Waals surface area contributed by atoms with Gasteiger partial charge in [-0.05, 0) is 50.2 Å². The fourth-order valence-electron chi connectivity index (χ4n) is 3.95. The van der Waals surface area contributed by atoms with Gasteiger partial charge in [0.15, 0.2) is 0 Å². The topological polar surface area (TPSA) is 63.1 Å². The lowest BCUT2D eigenvalue weighted by Crippen LogP contribution is -2.37. The van der Waals surface area contributed by atoms with Crippen molar-refractivity contribution in [1.29, 1.82) is 0 Å². The number of aromatic nitrogens is 3.